The van der Waals surface area contributed by atoms with Gasteiger partial charge in [-0.25, -0.2) is 9.78 Å². The molecule has 0 bridgehead atoms. The molecule has 1 aromatic rings. The molecule has 2 atom stereocenters. The molecule has 0 aliphatic rings. The lowest BCUT2D eigenvalue weighted by molar-refractivity contribution is -0.142. The van der Waals surface area contributed by atoms with Crippen molar-refractivity contribution in [1.82, 2.24) is 20.6 Å². The van der Waals surface area contributed by atoms with Gasteiger partial charge in [-0.2, -0.15) is 0 Å². The number of guanidine groups is 1. The van der Waals surface area contributed by atoms with Gasteiger partial charge < -0.3 is 32.2 Å². The van der Waals surface area contributed by atoms with E-state index in [0.29, 0.717) is 18.7 Å². The predicted molar refractivity (Wildman–Crippen MR) is 79.0 cm³/mol. The second kappa shape index (κ2) is 8.62. The standard InChI is InChI=1S/C12H21N7O3/c13-8(4-7-5-16-6-18-7)10(20)19-9(11(21)22)2-1-3-17-12(14)15/h5-6,8-9H,1-4,13H2,(H,16,18)(H,19,20)(H,21,22)(H4,14,15,17). The van der Waals surface area contributed by atoms with Crippen LogP contribution in [0, 0.1) is 5.41 Å². The van der Waals surface area contributed by atoms with E-state index in [0.717, 1.165) is 0 Å². The number of aliphatic carboxylic acids is 1. The van der Waals surface area contributed by atoms with Crippen LogP contribution in [0.3, 0.4) is 0 Å². The first-order valence-electron chi connectivity index (χ1n) is 6.74. The molecule has 1 rings (SSSR count). The summed E-state index contributed by atoms with van der Waals surface area (Å²) in [5.41, 5.74) is 11.5. The molecule has 0 radical (unpaired) electrons. The van der Waals surface area contributed by atoms with E-state index in [9.17, 15) is 9.59 Å². The Hall–Kier alpha value is -2.62. The number of nitrogens with two attached hydrogens (primary N) is 2. The Labute approximate surface area is 127 Å². The second-order valence-corrected chi connectivity index (χ2v) is 4.75. The summed E-state index contributed by atoms with van der Waals surface area (Å²) in [4.78, 5) is 29.8. The number of imidazole rings is 1. The molecular formula is C12H21N7O3. The van der Waals surface area contributed by atoms with Crippen molar-refractivity contribution in [3.8, 4) is 0 Å². The van der Waals surface area contributed by atoms with Crippen molar-refractivity contribution in [2.45, 2.75) is 31.3 Å². The van der Waals surface area contributed by atoms with Gasteiger partial charge in [0.1, 0.15) is 6.04 Å². The Morgan fingerprint density at radius 2 is 2.23 bits per heavy atom. The van der Waals surface area contributed by atoms with Crippen molar-refractivity contribution in [3.63, 3.8) is 0 Å². The zero-order valence-corrected chi connectivity index (χ0v) is 12.0. The van der Waals surface area contributed by atoms with Crippen molar-refractivity contribution >= 4 is 17.8 Å². The van der Waals surface area contributed by atoms with Crippen molar-refractivity contribution in [2.75, 3.05) is 6.54 Å². The van der Waals surface area contributed by atoms with Crippen LogP contribution in [-0.2, 0) is 16.0 Å². The van der Waals surface area contributed by atoms with E-state index in [1.54, 1.807) is 6.20 Å². The number of rotatable bonds is 9. The van der Waals surface area contributed by atoms with Crippen LogP contribution >= 0.6 is 0 Å². The van der Waals surface area contributed by atoms with Gasteiger partial charge in [0.15, 0.2) is 5.96 Å². The molecule has 0 spiro atoms. The van der Waals surface area contributed by atoms with E-state index in [2.05, 4.69) is 20.6 Å². The smallest absolute Gasteiger partial charge is 0.326 e. The quantitative estimate of drug-likeness (QED) is 0.158. The number of nitrogens with zero attached hydrogens (tertiary/aromatic N) is 1. The maximum Gasteiger partial charge on any atom is 0.326 e. The Kier molecular flexibility index (Phi) is 6.83. The number of amides is 1. The fourth-order valence-electron chi connectivity index (χ4n) is 1.79. The molecule has 0 aromatic carbocycles. The lowest BCUT2D eigenvalue weighted by Gasteiger charge is -2.17. The van der Waals surface area contributed by atoms with Gasteiger partial charge >= 0.3 is 5.97 Å². The van der Waals surface area contributed by atoms with Gasteiger partial charge in [-0.1, -0.05) is 0 Å². The molecule has 0 aliphatic carbocycles. The summed E-state index contributed by atoms with van der Waals surface area (Å²) in [7, 11) is 0. The molecule has 122 valence electrons. The molecule has 0 saturated heterocycles. The summed E-state index contributed by atoms with van der Waals surface area (Å²) in [6, 6.07) is -1.91. The van der Waals surface area contributed by atoms with E-state index in [1.165, 1.54) is 6.33 Å². The molecule has 2 unspecified atom stereocenters. The van der Waals surface area contributed by atoms with Crippen molar-refractivity contribution in [1.29, 1.82) is 5.41 Å². The van der Waals surface area contributed by atoms with Gasteiger partial charge in [-0.15, -0.1) is 0 Å². The van der Waals surface area contributed by atoms with E-state index >= 15 is 0 Å². The first-order chi connectivity index (χ1) is 10.4. The first-order valence-corrected chi connectivity index (χ1v) is 6.74. The van der Waals surface area contributed by atoms with Gasteiger partial charge in [-0.05, 0) is 12.8 Å². The Bertz CT molecular complexity index is 503. The number of aromatic nitrogens is 2. The van der Waals surface area contributed by atoms with Gasteiger partial charge in [-0.3, -0.25) is 10.2 Å². The van der Waals surface area contributed by atoms with Gasteiger partial charge in [0, 0.05) is 19.2 Å². The molecule has 10 heteroatoms. The molecule has 0 aliphatic heterocycles. The van der Waals surface area contributed by atoms with Crippen molar-refractivity contribution < 1.29 is 14.7 Å². The van der Waals surface area contributed by atoms with Crippen LogP contribution in [0.2, 0.25) is 0 Å². The predicted octanol–water partition coefficient (Wildman–Crippen LogP) is -1.89. The summed E-state index contributed by atoms with van der Waals surface area (Å²) in [6.45, 7) is 0.355. The second-order valence-electron chi connectivity index (χ2n) is 4.75. The number of carboxylic acids is 1. The number of aromatic amines is 1. The van der Waals surface area contributed by atoms with Gasteiger partial charge in [0.05, 0.1) is 18.1 Å². The summed E-state index contributed by atoms with van der Waals surface area (Å²) in [6.07, 6.45) is 3.95. The van der Waals surface area contributed by atoms with Gasteiger partial charge in [0.2, 0.25) is 5.91 Å². The Balaban J connectivity index is 2.42. The van der Waals surface area contributed by atoms with E-state index in [1.807, 2.05) is 0 Å². The number of hydrogen-bond acceptors (Lipinski definition) is 5. The van der Waals surface area contributed by atoms with Crippen LogP contribution in [-0.4, -0.2) is 51.5 Å². The number of carboxylic acid groups (broad SMARTS) is 1. The average molecular weight is 311 g/mol. The van der Waals surface area contributed by atoms with E-state index in [-0.39, 0.29) is 18.8 Å². The summed E-state index contributed by atoms with van der Waals surface area (Å²) < 4.78 is 0. The van der Waals surface area contributed by atoms with Crippen LogP contribution in [0.1, 0.15) is 18.5 Å². The maximum atomic E-state index is 11.9. The summed E-state index contributed by atoms with van der Waals surface area (Å²) >= 11 is 0. The fraction of sp³-hybridized carbons (Fsp3) is 0.500. The molecular weight excluding hydrogens is 290 g/mol. The summed E-state index contributed by atoms with van der Waals surface area (Å²) in [5, 5.41) is 21.1. The molecule has 0 saturated carbocycles. The van der Waals surface area contributed by atoms with Crippen LogP contribution in [0.25, 0.3) is 0 Å². The highest BCUT2D eigenvalue weighted by Crippen LogP contribution is 2.00. The molecule has 1 amide bonds. The SMILES string of the molecule is N=C(N)NCCCC(NC(=O)C(N)Cc1c[nH]cn1)C(=O)O. The van der Waals surface area contributed by atoms with E-state index in [4.69, 9.17) is 22.0 Å². The number of nitrogens with one attached hydrogen (secondary N) is 4. The molecule has 10 nitrogen and oxygen atoms in total. The Morgan fingerprint density at radius 3 is 2.77 bits per heavy atom. The molecule has 0 fully saturated rings. The number of H-pyrrole nitrogens is 1. The van der Waals surface area contributed by atoms with Crippen molar-refractivity contribution in [3.05, 3.63) is 18.2 Å². The van der Waals surface area contributed by atoms with Crippen LogP contribution in [0.4, 0.5) is 0 Å². The number of carbonyl (C=O) groups excluding carboxylic acids is 1. The highest BCUT2D eigenvalue weighted by molar-refractivity contribution is 5.86. The van der Waals surface area contributed by atoms with Crippen molar-refractivity contribution in [2.24, 2.45) is 11.5 Å². The average Bonchev–Trinajstić information content (AvgIpc) is 2.94. The minimum Gasteiger partial charge on any atom is -0.480 e. The lowest BCUT2D eigenvalue weighted by Crippen LogP contribution is -2.49. The zero-order valence-electron chi connectivity index (χ0n) is 12.0. The highest BCUT2D eigenvalue weighted by atomic mass is 16.4. The third-order valence-corrected chi connectivity index (χ3v) is 2.92. The number of carbonyl (C=O) groups is 2. The third-order valence-electron chi connectivity index (χ3n) is 2.92. The highest BCUT2D eigenvalue weighted by Gasteiger charge is 2.23. The normalized spacial score (nSPS) is 13.1. The maximum absolute atomic E-state index is 11.9. The fourth-order valence-corrected chi connectivity index (χ4v) is 1.79. The molecule has 1 aromatic heterocycles. The van der Waals surface area contributed by atoms with E-state index < -0.39 is 24.0 Å². The number of hydrogen-bond donors (Lipinski definition) is 7. The van der Waals surface area contributed by atoms with Gasteiger partial charge in [0.25, 0.3) is 0 Å². The van der Waals surface area contributed by atoms with Crippen LogP contribution < -0.4 is 22.1 Å². The Morgan fingerprint density at radius 1 is 1.50 bits per heavy atom. The minimum atomic E-state index is -1.14. The zero-order chi connectivity index (χ0) is 16.5. The molecule has 22 heavy (non-hydrogen) atoms. The monoisotopic (exact) mass is 311 g/mol. The lowest BCUT2D eigenvalue weighted by atomic mass is 10.1. The summed E-state index contributed by atoms with van der Waals surface area (Å²) in [5.74, 6) is -1.87. The van der Waals surface area contributed by atoms with Crippen LogP contribution in [0.5, 0.6) is 0 Å². The first kappa shape index (κ1) is 17.4. The largest absolute Gasteiger partial charge is 0.480 e. The molecule has 9 N–H and O–H groups in total. The molecule has 1 heterocycles. The minimum absolute atomic E-state index is 0.183. The van der Waals surface area contributed by atoms with Crippen LogP contribution in [0.15, 0.2) is 12.5 Å². The third kappa shape index (κ3) is 6.22. The topological polar surface area (TPSA) is 183 Å².